The van der Waals surface area contributed by atoms with Crippen LogP contribution in [0.15, 0.2) is 0 Å². The standard InChI is InChI=1S/C9H18N2O2S2/c1-8-7-10-4-5-11(15(8,12)13)9-3-2-6-14-9/h8-10H,2-7H2,1H3. The molecule has 0 aromatic carbocycles. The van der Waals surface area contributed by atoms with Crippen LogP contribution in [-0.4, -0.2) is 48.7 Å². The Morgan fingerprint density at radius 1 is 1.47 bits per heavy atom. The smallest absolute Gasteiger partial charge is 0.219 e. The second-order valence-corrected chi connectivity index (χ2v) is 7.73. The maximum Gasteiger partial charge on any atom is 0.219 e. The molecule has 0 aliphatic carbocycles. The molecule has 0 saturated carbocycles. The predicted molar refractivity (Wildman–Crippen MR) is 63.4 cm³/mol. The van der Waals surface area contributed by atoms with Gasteiger partial charge in [0.1, 0.15) is 0 Å². The first-order chi connectivity index (χ1) is 7.12. The summed E-state index contributed by atoms with van der Waals surface area (Å²) in [6.07, 6.45) is 2.15. The highest BCUT2D eigenvalue weighted by atomic mass is 32.2. The van der Waals surface area contributed by atoms with Crippen molar-refractivity contribution in [3.05, 3.63) is 0 Å². The molecular formula is C9H18N2O2S2. The van der Waals surface area contributed by atoms with E-state index in [-0.39, 0.29) is 10.6 Å². The predicted octanol–water partition coefficient (Wildman–Crippen LogP) is 0.463. The first kappa shape index (κ1) is 11.7. The van der Waals surface area contributed by atoms with Gasteiger partial charge in [0.2, 0.25) is 10.0 Å². The van der Waals surface area contributed by atoms with Crippen molar-refractivity contribution in [1.29, 1.82) is 0 Å². The Morgan fingerprint density at radius 3 is 2.93 bits per heavy atom. The summed E-state index contributed by atoms with van der Waals surface area (Å²) in [7, 11) is -3.07. The van der Waals surface area contributed by atoms with E-state index in [0.29, 0.717) is 13.1 Å². The van der Waals surface area contributed by atoms with Crippen LogP contribution in [0.1, 0.15) is 19.8 Å². The number of nitrogens with one attached hydrogen (secondary N) is 1. The van der Waals surface area contributed by atoms with Crippen molar-refractivity contribution < 1.29 is 8.42 Å². The number of sulfonamides is 1. The van der Waals surface area contributed by atoms with E-state index in [4.69, 9.17) is 0 Å². The Balaban J connectivity index is 2.19. The average molecular weight is 250 g/mol. The Labute approximate surface area is 95.8 Å². The number of rotatable bonds is 1. The van der Waals surface area contributed by atoms with Crippen LogP contribution in [0.4, 0.5) is 0 Å². The van der Waals surface area contributed by atoms with Gasteiger partial charge in [-0.05, 0) is 25.5 Å². The summed E-state index contributed by atoms with van der Waals surface area (Å²) in [6.45, 7) is 3.78. The number of nitrogens with zero attached hydrogens (tertiary/aromatic N) is 1. The molecule has 2 fully saturated rings. The van der Waals surface area contributed by atoms with Gasteiger partial charge in [-0.3, -0.25) is 0 Å². The molecule has 4 nitrogen and oxygen atoms in total. The second kappa shape index (κ2) is 4.61. The van der Waals surface area contributed by atoms with Gasteiger partial charge in [-0.15, -0.1) is 11.8 Å². The number of hydrogen-bond acceptors (Lipinski definition) is 4. The van der Waals surface area contributed by atoms with Gasteiger partial charge in [-0.2, -0.15) is 4.31 Å². The van der Waals surface area contributed by atoms with Crippen LogP contribution in [0.25, 0.3) is 0 Å². The topological polar surface area (TPSA) is 49.4 Å². The lowest BCUT2D eigenvalue weighted by Crippen LogP contribution is -2.42. The van der Waals surface area contributed by atoms with Crippen molar-refractivity contribution in [3.8, 4) is 0 Å². The highest BCUT2D eigenvalue weighted by Gasteiger charge is 2.37. The summed E-state index contributed by atoms with van der Waals surface area (Å²) in [4.78, 5) is 0. The van der Waals surface area contributed by atoms with E-state index in [1.807, 2.05) is 0 Å². The van der Waals surface area contributed by atoms with Crippen LogP contribution >= 0.6 is 11.8 Å². The molecular weight excluding hydrogens is 232 g/mol. The molecule has 2 saturated heterocycles. The minimum Gasteiger partial charge on any atom is -0.314 e. The first-order valence-electron chi connectivity index (χ1n) is 5.45. The minimum absolute atomic E-state index is 0.192. The summed E-state index contributed by atoms with van der Waals surface area (Å²) >= 11 is 1.78. The van der Waals surface area contributed by atoms with Gasteiger partial charge in [-0.1, -0.05) is 0 Å². The second-order valence-electron chi connectivity index (χ2n) is 4.14. The van der Waals surface area contributed by atoms with Gasteiger partial charge in [0, 0.05) is 19.6 Å². The zero-order chi connectivity index (χ0) is 10.9. The normalized spacial score (nSPS) is 37.7. The molecule has 2 unspecified atom stereocenters. The third kappa shape index (κ3) is 2.33. The van der Waals surface area contributed by atoms with Crippen LogP contribution in [-0.2, 0) is 10.0 Å². The average Bonchev–Trinajstić information content (AvgIpc) is 2.65. The molecule has 15 heavy (non-hydrogen) atoms. The molecule has 2 atom stereocenters. The van der Waals surface area contributed by atoms with Gasteiger partial charge in [-0.25, -0.2) is 8.42 Å². The van der Waals surface area contributed by atoms with Crippen molar-refractivity contribution in [3.63, 3.8) is 0 Å². The summed E-state index contributed by atoms with van der Waals surface area (Å²) in [5.74, 6) is 1.10. The molecule has 2 aliphatic rings. The van der Waals surface area contributed by atoms with Crippen molar-refractivity contribution in [2.75, 3.05) is 25.4 Å². The molecule has 6 heteroatoms. The fourth-order valence-corrected chi connectivity index (χ4v) is 5.38. The van der Waals surface area contributed by atoms with Crippen LogP contribution < -0.4 is 5.32 Å². The van der Waals surface area contributed by atoms with Gasteiger partial charge >= 0.3 is 0 Å². The quantitative estimate of drug-likeness (QED) is 0.735. The molecule has 1 N–H and O–H groups in total. The van der Waals surface area contributed by atoms with E-state index in [1.165, 1.54) is 0 Å². The largest absolute Gasteiger partial charge is 0.314 e. The summed E-state index contributed by atoms with van der Waals surface area (Å²) in [5, 5.41) is 3.08. The van der Waals surface area contributed by atoms with E-state index in [1.54, 1.807) is 23.0 Å². The monoisotopic (exact) mass is 250 g/mol. The molecule has 0 spiro atoms. The van der Waals surface area contributed by atoms with E-state index in [2.05, 4.69) is 5.32 Å². The van der Waals surface area contributed by atoms with E-state index in [0.717, 1.165) is 25.1 Å². The molecule has 2 aliphatic heterocycles. The molecule has 88 valence electrons. The maximum atomic E-state index is 12.2. The molecule has 0 aromatic rings. The molecule has 2 rings (SSSR count). The van der Waals surface area contributed by atoms with Crippen molar-refractivity contribution in [2.24, 2.45) is 0 Å². The summed E-state index contributed by atoms with van der Waals surface area (Å²) in [5.41, 5.74) is 0. The fourth-order valence-electron chi connectivity index (χ4n) is 2.05. The Morgan fingerprint density at radius 2 is 2.27 bits per heavy atom. The van der Waals surface area contributed by atoms with Gasteiger partial charge in [0.15, 0.2) is 0 Å². The van der Waals surface area contributed by atoms with Gasteiger partial charge < -0.3 is 5.32 Å². The van der Waals surface area contributed by atoms with Crippen LogP contribution in [0.3, 0.4) is 0 Å². The Bertz CT molecular complexity index is 312. The van der Waals surface area contributed by atoms with Crippen molar-refractivity contribution in [1.82, 2.24) is 9.62 Å². The molecule has 0 aromatic heterocycles. The summed E-state index contributed by atoms with van der Waals surface area (Å²) in [6, 6.07) is 0. The molecule has 2 heterocycles. The zero-order valence-electron chi connectivity index (χ0n) is 8.98. The third-order valence-corrected chi connectivity index (χ3v) is 6.81. The number of hydrogen-bond donors (Lipinski definition) is 1. The van der Waals surface area contributed by atoms with Crippen LogP contribution in [0.2, 0.25) is 0 Å². The molecule has 0 amide bonds. The third-order valence-electron chi connectivity index (χ3n) is 3.00. The van der Waals surface area contributed by atoms with E-state index >= 15 is 0 Å². The lowest BCUT2D eigenvalue weighted by Gasteiger charge is -2.27. The van der Waals surface area contributed by atoms with Gasteiger partial charge in [0.05, 0.1) is 10.6 Å². The van der Waals surface area contributed by atoms with Crippen molar-refractivity contribution >= 4 is 21.8 Å². The SMILES string of the molecule is CC1CNCCN(C2CCCS2)S1(=O)=O. The molecule has 0 bridgehead atoms. The lowest BCUT2D eigenvalue weighted by molar-refractivity contribution is 0.392. The van der Waals surface area contributed by atoms with Crippen LogP contribution in [0.5, 0.6) is 0 Å². The lowest BCUT2D eigenvalue weighted by atomic mass is 10.3. The highest BCUT2D eigenvalue weighted by Crippen LogP contribution is 2.32. The minimum atomic E-state index is -3.07. The van der Waals surface area contributed by atoms with Crippen LogP contribution in [0, 0.1) is 0 Å². The Kier molecular flexibility index (Phi) is 3.59. The first-order valence-corrected chi connectivity index (χ1v) is 8.00. The fraction of sp³-hybridized carbons (Fsp3) is 1.00. The zero-order valence-corrected chi connectivity index (χ0v) is 10.6. The number of thioether (sulfide) groups is 1. The Hall–Kier alpha value is 0.220. The summed E-state index contributed by atoms with van der Waals surface area (Å²) < 4.78 is 26.1. The van der Waals surface area contributed by atoms with E-state index in [9.17, 15) is 8.42 Å². The molecule has 0 radical (unpaired) electrons. The van der Waals surface area contributed by atoms with Crippen molar-refractivity contribution in [2.45, 2.75) is 30.4 Å². The van der Waals surface area contributed by atoms with E-state index < -0.39 is 10.0 Å². The highest BCUT2D eigenvalue weighted by molar-refractivity contribution is 8.01. The maximum absolute atomic E-state index is 12.2. The van der Waals surface area contributed by atoms with Gasteiger partial charge in [0.25, 0.3) is 0 Å².